The summed E-state index contributed by atoms with van der Waals surface area (Å²) in [5, 5.41) is 3.70. The molecule has 0 bridgehead atoms. The second-order valence-electron chi connectivity index (χ2n) is 3.31. The number of alkyl halides is 3. The molecule has 17 heavy (non-hydrogen) atoms. The standard InChI is InChI=1S/C11H9F3N2O/c1-17-10-9(11(12,13)14)7-15-16(10)8-5-3-2-4-6-8/h2-7H,1H3. The lowest BCUT2D eigenvalue weighted by Gasteiger charge is -2.09. The minimum atomic E-state index is -4.47. The highest BCUT2D eigenvalue weighted by molar-refractivity contribution is 5.39. The molecule has 3 nitrogen and oxygen atoms in total. The Kier molecular flexibility index (Phi) is 2.79. The van der Waals surface area contributed by atoms with Crippen LogP contribution >= 0.6 is 0 Å². The van der Waals surface area contributed by atoms with Gasteiger partial charge in [0.1, 0.15) is 5.56 Å². The molecule has 0 fully saturated rings. The molecule has 0 spiro atoms. The molecule has 0 radical (unpaired) electrons. The average Bonchev–Trinajstić information content (AvgIpc) is 2.73. The van der Waals surface area contributed by atoms with Crippen LogP contribution in [0.3, 0.4) is 0 Å². The van der Waals surface area contributed by atoms with Crippen molar-refractivity contribution in [2.75, 3.05) is 7.11 Å². The van der Waals surface area contributed by atoms with Gasteiger partial charge in [-0.05, 0) is 12.1 Å². The highest BCUT2D eigenvalue weighted by atomic mass is 19.4. The zero-order valence-electron chi connectivity index (χ0n) is 8.90. The summed E-state index contributed by atoms with van der Waals surface area (Å²) in [5.74, 6) is -0.316. The fourth-order valence-electron chi connectivity index (χ4n) is 1.48. The molecule has 0 aliphatic carbocycles. The lowest BCUT2D eigenvalue weighted by atomic mass is 10.3. The Labute approximate surface area is 95.4 Å². The fourth-order valence-corrected chi connectivity index (χ4v) is 1.48. The Morgan fingerprint density at radius 1 is 1.18 bits per heavy atom. The maximum absolute atomic E-state index is 12.6. The summed E-state index contributed by atoms with van der Waals surface area (Å²) in [7, 11) is 1.19. The van der Waals surface area contributed by atoms with Gasteiger partial charge in [0.15, 0.2) is 0 Å². The fraction of sp³-hybridized carbons (Fsp3) is 0.182. The molecule has 2 aromatic rings. The van der Waals surface area contributed by atoms with E-state index in [4.69, 9.17) is 4.74 Å². The number of ether oxygens (including phenoxy) is 1. The summed E-state index contributed by atoms with van der Waals surface area (Å²) in [4.78, 5) is 0. The minimum Gasteiger partial charge on any atom is -0.480 e. The van der Waals surface area contributed by atoms with Gasteiger partial charge in [-0.2, -0.15) is 18.3 Å². The van der Waals surface area contributed by atoms with Gasteiger partial charge in [0.05, 0.1) is 19.0 Å². The number of nitrogens with zero attached hydrogens (tertiary/aromatic N) is 2. The smallest absolute Gasteiger partial charge is 0.423 e. The van der Waals surface area contributed by atoms with E-state index in [1.54, 1.807) is 30.3 Å². The van der Waals surface area contributed by atoms with Crippen LogP contribution in [0.25, 0.3) is 5.69 Å². The van der Waals surface area contributed by atoms with Crippen molar-refractivity contribution in [1.82, 2.24) is 9.78 Å². The third kappa shape index (κ3) is 2.11. The molecule has 2 rings (SSSR count). The van der Waals surface area contributed by atoms with E-state index in [0.29, 0.717) is 5.69 Å². The van der Waals surface area contributed by atoms with Crippen molar-refractivity contribution < 1.29 is 17.9 Å². The molecule has 0 N–H and O–H groups in total. The van der Waals surface area contributed by atoms with Gasteiger partial charge < -0.3 is 4.74 Å². The van der Waals surface area contributed by atoms with Crippen LogP contribution in [0.15, 0.2) is 36.5 Å². The lowest BCUT2D eigenvalue weighted by Crippen LogP contribution is -2.07. The van der Waals surface area contributed by atoms with E-state index < -0.39 is 11.7 Å². The van der Waals surface area contributed by atoms with E-state index in [1.807, 2.05) is 0 Å². The average molecular weight is 242 g/mol. The second kappa shape index (κ2) is 4.12. The Balaban J connectivity index is 2.54. The molecule has 1 aromatic carbocycles. The van der Waals surface area contributed by atoms with E-state index in [9.17, 15) is 13.2 Å². The van der Waals surface area contributed by atoms with Crippen LogP contribution < -0.4 is 4.74 Å². The summed E-state index contributed by atoms with van der Waals surface area (Å²) in [6, 6.07) is 8.49. The van der Waals surface area contributed by atoms with Crippen molar-refractivity contribution in [3.05, 3.63) is 42.1 Å². The number of methoxy groups -OCH3 is 1. The SMILES string of the molecule is COc1c(C(F)(F)F)cnn1-c1ccccc1. The first-order valence-corrected chi connectivity index (χ1v) is 4.78. The second-order valence-corrected chi connectivity index (χ2v) is 3.31. The van der Waals surface area contributed by atoms with Gasteiger partial charge in [-0.15, -0.1) is 0 Å². The first-order chi connectivity index (χ1) is 8.04. The number of rotatable bonds is 2. The number of benzene rings is 1. The van der Waals surface area contributed by atoms with Crippen molar-refractivity contribution in [3.63, 3.8) is 0 Å². The van der Waals surface area contributed by atoms with Crippen LogP contribution in [0.4, 0.5) is 13.2 Å². The normalized spacial score (nSPS) is 11.5. The molecule has 90 valence electrons. The third-order valence-electron chi connectivity index (χ3n) is 2.22. The Morgan fingerprint density at radius 3 is 2.35 bits per heavy atom. The molecule has 0 saturated heterocycles. The van der Waals surface area contributed by atoms with Crippen molar-refractivity contribution in [2.45, 2.75) is 6.18 Å². The van der Waals surface area contributed by atoms with E-state index >= 15 is 0 Å². The van der Waals surface area contributed by atoms with Crippen LogP contribution in [0.2, 0.25) is 0 Å². The van der Waals surface area contributed by atoms with Crippen LogP contribution in [0.5, 0.6) is 5.88 Å². The minimum absolute atomic E-state index is 0.316. The molecular formula is C11H9F3N2O. The van der Waals surface area contributed by atoms with E-state index in [1.165, 1.54) is 7.11 Å². The summed E-state index contributed by atoms with van der Waals surface area (Å²) in [6.07, 6.45) is -3.72. The molecule has 1 heterocycles. The van der Waals surface area contributed by atoms with Gasteiger partial charge in [-0.1, -0.05) is 18.2 Å². The van der Waals surface area contributed by atoms with Gasteiger partial charge in [-0.3, -0.25) is 0 Å². The molecule has 0 saturated carbocycles. The van der Waals surface area contributed by atoms with Crippen molar-refractivity contribution in [1.29, 1.82) is 0 Å². The Morgan fingerprint density at radius 2 is 1.82 bits per heavy atom. The highest BCUT2D eigenvalue weighted by Crippen LogP contribution is 2.36. The van der Waals surface area contributed by atoms with Crippen LogP contribution in [0, 0.1) is 0 Å². The summed E-state index contributed by atoms with van der Waals surface area (Å²) in [6.45, 7) is 0. The van der Waals surface area contributed by atoms with Crippen LogP contribution in [-0.2, 0) is 6.18 Å². The summed E-state index contributed by atoms with van der Waals surface area (Å²) >= 11 is 0. The molecule has 0 atom stereocenters. The zero-order chi connectivity index (χ0) is 12.5. The Bertz CT molecular complexity index is 505. The van der Waals surface area contributed by atoms with E-state index in [2.05, 4.69) is 5.10 Å². The predicted octanol–water partition coefficient (Wildman–Crippen LogP) is 2.90. The largest absolute Gasteiger partial charge is 0.480 e. The number of halogens is 3. The molecular weight excluding hydrogens is 233 g/mol. The number of hydrogen-bond acceptors (Lipinski definition) is 2. The summed E-state index contributed by atoms with van der Waals surface area (Å²) in [5.41, 5.74) is -0.372. The van der Waals surface area contributed by atoms with Gasteiger partial charge in [0, 0.05) is 0 Å². The zero-order valence-corrected chi connectivity index (χ0v) is 8.90. The van der Waals surface area contributed by atoms with E-state index in [-0.39, 0.29) is 5.88 Å². The number of hydrogen-bond donors (Lipinski definition) is 0. The van der Waals surface area contributed by atoms with Crippen LogP contribution in [-0.4, -0.2) is 16.9 Å². The monoisotopic (exact) mass is 242 g/mol. The topological polar surface area (TPSA) is 27.1 Å². The van der Waals surface area contributed by atoms with Gasteiger partial charge in [0.25, 0.3) is 0 Å². The van der Waals surface area contributed by atoms with Crippen molar-refractivity contribution in [2.24, 2.45) is 0 Å². The molecule has 1 aromatic heterocycles. The molecule has 0 aliphatic rings. The quantitative estimate of drug-likeness (QED) is 0.809. The van der Waals surface area contributed by atoms with Gasteiger partial charge in [-0.25, -0.2) is 4.68 Å². The van der Waals surface area contributed by atoms with E-state index in [0.717, 1.165) is 10.9 Å². The molecule has 0 aliphatic heterocycles. The third-order valence-corrected chi connectivity index (χ3v) is 2.22. The number of aromatic nitrogens is 2. The summed E-state index contributed by atoms with van der Waals surface area (Å²) < 4.78 is 43.8. The first kappa shape index (κ1) is 11.5. The van der Waals surface area contributed by atoms with Gasteiger partial charge >= 0.3 is 6.18 Å². The van der Waals surface area contributed by atoms with Crippen molar-refractivity contribution in [3.8, 4) is 11.6 Å². The van der Waals surface area contributed by atoms with Gasteiger partial charge in [0.2, 0.25) is 5.88 Å². The lowest BCUT2D eigenvalue weighted by molar-refractivity contribution is -0.138. The Hall–Kier alpha value is -1.98. The maximum Gasteiger partial charge on any atom is 0.423 e. The molecule has 0 unspecified atom stereocenters. The van der Waals surface area contributed by atoms with Crippen LogP contribution in [0.1, 0.15) is 5.56 Å². The molecule has 0 amide bonds. The maximum atomic E-state index is 12.6. The molecule has 6 heteroatoms. The number of para-hydroxylation sites is 1. The predicted molar refractivity (Wildman–Crippen MR) is 55.1 cm³/mol. The highest BCUT2D eigenvalue weighted by Gasteiger charge is 2.37. The van der Waals surface area contributed by atoms with Crippen molar-refractivity contribution >= 4 is 0 Å². The first-order valence-electron chi connectivity index (χ1n) is 4.78.